The summed E-state index contributed by atoms with van der Waals surface area (Å²) in [5.41, 5.74) is 0.583. The Labute approximate surface area is 124 Å². The fourth-order valence-electron chi connectivity index (χ4n) is 2.38. The Kier molecular flexibility index (Phi) is 4.65. The van der Waals surface area contributed by atoms with Crippen LogP contribution in [0, 0.1) is 5.92 Å². The van der Waals surface area contributed by atoms with Crippen LogP contribution in [0.1, 0.15) is 30.6 Å². The topological polar surface area (TPSA) is 49.4 Å². The van der Waals surface area contributed by atoms with E-state index in [4.69, 9.17) is 11.6 Å². The van der Waals surface area contributed by atoms with Crippen LogP contribution in [0.5, 0.6) is 0 Å². The number of rotatable bonds is 4. The van der Waals surface area contributed by atoms with Crippen molar-refractivity contribution < 1.29 is 9.59 Å². The van der Waals surface area contributed by atoms with Gasteiger partial charge in [0, 0.05) is 42.1 Å². The van der Waals surface area contributed by atoms with Crippen LogP contribution < -0.4 is 5.32 Å². The summed E-state index contributed by atoms with van der Waals surface area (Å²) in [5.74, 6) is 0.240. The highest BCUT2D eigenvalue weighted by Crippen LogP contribution is 2.19. The van der Waals surface area contributed by atoms with E-state index in [1.165, 1.54) is 0 Å². The van der Waals surface area contributed by atoms with Gasteiger partial charge in [0.05, 0.1) is 0 Å². The average Bonchev–Trinajstić information content (AvgIpc) is 2.78. The number of benzene rings is 1. The fourth-order valence-corrected chi connectivity index (χ4v) is 2.51. The SMILES string of the molecule is CC(C)N1CC(CNC(=O)c2ccc(Cl)cc2)CC1=O. The van der Waals surface area contributed by atoms with Gasteiger partial charge in [0.25, 0.3) is 5.91 Å². The number of hydrogen-bond donors (Lipinski definition) is 1. The van der Waals surface area contributed by atoms with Crippen LogP contribution in [0.15, 0.2) is 24.3 Å². The van der Waals surface area contributed by atoms with E-state index in [-0.39, 0.29) is 23.8 Å². The Hall–Kier alpha value is -1.55. The third-order valence-electron chi connectivity index (χ3n) is 3.52. The van der Waals surface area contributed by atoms with E-state index in [0.29, 0.717) is 23.6 Å². The quantitative estimate of drug-likeness (QED) is 0.926. The second kappa shape index (κ2) is 6.27. The van der Waals surface area contributed by atoms with Crippen molar-refractivity contribution in [1.82, 2.24) is 10.2 Å². The second-order valence-corrected chi connectivity index (χ2v) is 5.86. The first-order valence-electron chi connectivity index (χ1n) is 6.80. The predicted octanol–water partition coefficient (Wildman–Crippen LogP) is 2.33. The van der Waals surface area contributed by atoms with Crippen molar-refractivity contribution in [1.29, 1.82) is 0 Å². The predicted molar refractivity (Wildman–Crippen MR) is 78.7 cm³/mol. The molecule has 1 aliphatic heterocycles. The molecule has 2 rings (SSSR count). The highest BCUT2D eigenvalue weighted by molar-refractivity contribution is 6.30. The summed E-state index contributed by atoms with van der Waals surface area (Å²) >= 11 is 5.78. The molecule has 1 saturated heterocycles. The zero-order chi connectivity index (χ0) is 14.7. The monoisotopic (exact) mass is 294 g/mol. The number of nitrogens with zero attached hydrogens (tertiary/aromatic N) is 1. The first-order chi connectivity index (χ1) is 9.47. The van der Waals surface area contributed by atoms with E-state index in [9.17, 15) is 9.59 Å². The van der Waals surface area contributed by atoms with Crippen molar-refractivity contribution >= 4 is 23.4 Å². The Bertz CT molecular complexity index is 499. The summed E-state index contributed by atoms with van der Waals surface area (Å²) in [6.45, 7) is 5.26. The van der Waals surface area contributed by atoms with E-state index >= 15 is 0 Å². The molecular weight excluding hydrogens is 276 g/mol. The molecule has 0 bridgehead atoms. The third-order valence-corrected chi connectivity index (χ3v) is 3.77. The van der Waals surface area contributed by atoms with Crippen molar-refractivity contribution in [2.45, 2.75) is 26.3 Å². The highest BCUT2D eigenvalue weighted by Gasteiger charge is 2.31. The summed E-state index contributed by atoms with van der Waals surface area (Å²) in [5, 5.41) is 3.49. The molecule has 4 nitrogen and oxygen atoms in total. The van der Waals surface area contributed by atoms with Crippen LogP contribution in [0.3, 0.4) is 0 Å². The van der Waals surface area contributed by atoms with E-state index in [2.05, 4.69) is 5.32 Å². The number of likely N-dealkylation sites (tertiary alicyclic amines) is 1. The van der Waals surface area contributed by atoms with Crippen molar-refractivity contribution in [2.24, 2.45) is 5.92 Å². The van der Waals surface area contributed by atoms with Gasteiger partial charge in [-0.15, -0.1) is 0 Å². The molecule has 1 aliphatic rings. The summed E-state index contributed by atoms with van der Waals surface area (Å²) in [7, 11) is 0. The van der Waals surface area contributed by atoms with Gasteiger partial charge in [-0.2, -0.15) is 0 Å². The van der Waals surface area contributed by atoms with Gasteiger partial charge in [-0.1, -0.05) is 11.6 Å². The minimum atomic E-state index is -0.128. The number of halogens is 1. The lowest BCUT2D eigenvalue weighted by Crippen LogP contribution is -2.34. The Balaban J connectivity index is 1.85. The zero-order valence-corrected chi connectivity index (χ0v) is 12.5. The molecule has 1 N–H and O–H groups in total. The molecule has 1 unspecified atom stereocenters. The van der Waals surface area contributed by atoms with E-state index in [1.807, 2.05) is 18.7 Å². The molecular formula is C15H19ClN2O2. The van der Waals surface area contributed by atoms with Crippen molar-refractivity contribution in [2.75, 3.05) is 13.1 Å². The maximum atomic E-state index is 12.0. The minimum absolute atomic E-state index is 0.128. The van der Waals surface area contributed by atoms with E-state index in [1.54, 1.807) is 24.3 Å². The summed E-state index contributed by atoms with van der Waals surface area (Å²) < 4.78 is 0. The molecule has 20 heavy (non-hydrogen) atoms. The maximum absolute atomic E-state index is 12.0. The molecule has 2 amide bonds. The minimum Gasteiger partial charge on any atom is -0.352 e. The molecule has 5 heteroatoms. The van der Waals surface area contributed by atoms with Crippen LogP contribution >= 0.6 is 11.6 Å². The molecule has 0 radical (unpaired) electrons. The van der Waals surface area contributed by atoms with Crippen LogP contribution in [-0.2, 0) is 4.79 Å². The second-order valence-electron chi connectivity index (χ2n) is 5.43. The molecule has 1 aromatic carbocycles. The molecule has 0 aromatic heterocycles. The lowest BCUT2D eigenvalue weighted by atomic mass is 10.1. The van der Waals surface area contributed by atoms with Gasteiger partial charge in [-0.25, -0.2) is 0 Å². The Morgan fingerprint density at radius 3 is 2.60 bits per heavy atom. The Morgan fingerprint density at radius 1 is 1.40 bits per heavy atom. The number of carbonyl (C=O) groups is 2. The first-order valence-corrected chi connectivity index (χ1v) is 7.18. The fraction of sp³-hybridized carbons (Fsp3) is 0.467. The largest absolute Gasteiger partial charge is 0.352 e. The smallest absolute Gasteiger partial charge is 0.251 e. The number of amides is 2. The van der Waals surface area contributed by atoms with Crippen molar-refractivity contribution in [3.63, 3.8) is 0 Å². The first kappa shape index (κ1) is 14.9. The van der Waals surface area contributed by atoms with Gasteiger partial charge in [-0.05, 0) is 38.1 Å². The number of carbonyl (C=O) groups excluding carboxylic acids is 2. The van der Waals surface area contributed by atoms with Gasteiger partial charge in [0.1, 0.15) is 0 Å². The van der Waals surface area contributed by atoms with Crippen LogP contribution in [0.4, 0.5) is 0 Å². The third kappa shape index (κ3) is 3.51. The normalized spacial score (nSPS) is 18.7. The van der Waals surface area contributed by atoms with Gasteiger partial charge in [-0.3, -0.25) is 9.59 Å². The van der Waals surface area contributed by atoms with Crippen molar-refractivity contribution in [3.8, 4) is 0 Å². The molecule has 1 atom stereocenters. The molecule has 1 heterocycles. The lowest BCUT2D eigenvalue weighted by molar-refractivity contribution is -0.129. The number of nitrogens with one attached hydrogen (secondary N) is 1. The maximum Gasteiger partial charge on any atom is 0.251 e. The molecule has 1 aromatic rings. The summed E-state index contributed by atoms with van der Waals surface area (Å²) in [6, 6.07) is 6.99. The molecule has 108 valence electrons. The lowest BCUT2D eigenvalue weighted by Gasteiger charge is -2.21. The molecule has 0 aliphatic carbocycles. The van der Waals surface area contributed by atoms with Crippen LogP contribution in [0.25, 0.3) is 0 Å². The standard InChI is InChI=1S/C15H19ClN2O2/c1-10(2)18-9-11(7-14(18)19)8-17-15(20)12-3-5-13(16)6-4-12/h3-6,10-11H,7-9H2,1-2H3,(H,17,20). The van der Waals surface area contributed by atoms with Gasteiger partial charge in [0.15, 0.2) is 0 Å². The van der Waals surface area contributed by atoms with Gasteiger partial charge >= 0.3 is 0 Å². The molecule has 0 spiro atoms. The van der Waals surface area contributed by atoms with Gasteiger partial charge in [0.2, 0.25) is 5.91 Å². The van der Waals surface area contributed by atoms with Crippen LogP contribution in [-0.4, -0.2) is 35.8 Å². The van der Waals surface area contributed by atoms with E-state index in [0.717, 1.165) is 6.54 Å². The van der Waals surface area contributed by atoms with Crippen LogP contribution in [0.2, 0.25) is 5.02 Å². The van der Waals surface area contributed by atoms with E-state index < -0.39 is 0 Å². The highest BCUT2D eigenvalue weighted by atomic mass is 35.5. The molecule has 0 saturated carbocycles. The average molecular weight is 295 g/mol. The number of hydrogen-bond acceptors (Lipinski definition) is 2. The molecule has 1 fully saturated rings. The summed E-state index contributed by atoms with van der Waals surface area (Å²) in [4.78, 5) is 25.6. The Morgan fingerprint density at radius 2 is 2.05 bits per heavy atom. The van der Waals surface area contributed by atoms with Crippen molar-refractivity contribution in [3.05, 3.63) is 34.9 Å². The zero-order valence-electron chi connectivity index (χ0n) is 11.7. The van der Waals surface area contributed by atoms with Gasteiger partial charge < -0.3 is 10.2 Å². The summed E-state index contributed by atoms with van der Waals surface area (Å²) in [6.07, 6.45) is 0.513.